The fraction of sp³-hybridized carbons (Fsp3) is 0.636. The molecule has 1 N–H and O–H groups in total. The number of phenols is 1. The summed E-state index contributed by atoms with van der Waals surface area (Å²) < 4.78 is 22.1. The molecular formula is C22H29NO7. The third kappa shape index (κ3) is 4.11. The number of rotatable bonds is 6. The first kappa shape index (κ1) is 20.9. The Morgan fingerprint density at radius 2 is 2.03 bits per heavy atom. The van der Waals surface area contributed by atoms with Crippen molar-refractivity contribution in [1.82, 2.24) is 4.90 Å². The maximum Gasteiger partial charge on any atom is 0.342 e. The average molecular weight is 419 g/mol. The van der Waals surface area contributed by atoms with Crippen molar-refractivity contribution in [1.29, 1.82) is 0 Å². The second-order valence-electron chi connectivity index (χ2n) is 8.44. The molecule has 1 atom stereocenters. The van der Waals surface area contributed by atoms with Crippen LogP contribution in [0.5, 0.6) is 11.5 Å². The summed E-state index contributed by atoms with van der Waals surface area (Å²) in [5.74, 6) is -0.135. The van der Waals surface area contributed by atoms with Gasteiger partial charge in [0.15, 0.2) is 0 Å². The maximum atomic E-state index is 12.2. The zero-order valence-corrected chi connectivity index (χ0v) is 17.6. The molecule has 1 aromatic rings. The number of nitrogens with zero attached hydrogens (tertiary/aromatic N) is 1. The van der Waals surface area contributed by atoms with E-state index in [0.29, 0.717) is 42.7 Å². The Bertz CT molecular complexity index is 847. The van der Waals surface area contributed by atoms with E-state index in [4.69, 9.17) is 18.9 Å². The molecule has 0 saturated carbocycles. The fourth-order valence-corrected chi connectivity index (χ4v) is 4.35. The molecule has 4 rings (SSSR count). The normalized spacial score (nSPS) is 23.3. The summed E-state index contributed by atoms with van der Waals surface area (Å²) in [6, 6.07) is 0. The number of fused-ring (bicyclic) bond motifs is 2. The lowest BCUT2D eigenvalue weighted by Crippen LogP contribution is -2.39. The lowest BCUT2D eigenvalue weighted by Gasteiger charge is -2.37. The molecule has 0 amide bonds. The highest BCUT2D eigenvalue weighted by atomic mass is 16.5. The Labute approximate surface area is 176 Å². The van der Waals surface area contributed by atoms with Crippen molar-refractivity contribution in [2.45, 2.75) is 51.7 Å². The number of carbonyl (C=O) groups excluding carboxylic acids is 2. The van der Waals surface area contributed by atoms with Gasteiger partial charge in [-0.2, -0.15) is 0 Å². The van der Waals surface area contributed by atoms with Crippen LogP contribution in [-0.4, -0.2) is 67.0 Å². The Hall–Kier alpha value is -2.32. The number of ether oxygens (including phenoxy) is 4. The van der Waals surface area contributed by atoms with Gasteiger partial charge in [-0.15, -0.1) is 0 Å². The molecule has 164 valence electrons. The number of benzene rings is 1. The van der Waals surface area contributed by atoms with E-state index in [0.717, 1.165) is 38.4 Å². The van der Waals surface area contributed by atoms with Crippen LogP contribution in [0.1, 0.15) is 53.2 Å². The van der Waals surface area contributed by atoms with Crippen LogP contribution in [0, 0.1) is 6.92 Å². The molecule has 8 nitrogen and oxygen atoms in total. The summed E-state index contributed by atoms with van der Waals surface area (Å²) in [4.78, 5) is 26.4. The SMILES string of the molecule is Cc1c2c(c(O)c3c1OC(C)(CCC(=O)OCCN1CCOCC1)CC3)C(=O)OC2. The van der Waals surface area contributed by atoms with Crippen LogP contribution < -0.4 is 4.74 Å². The van der Waals surface area contributed by atoms with Crippen molar-refractivity contribution in [3.05, 3.63) is 22.3 Å². The van der Waals surface area contributed by atoms with Crippen LogP contribution in [0.2, 0.25) is 0 Å². The van der Waals surface area contributed by atoms with Gasteiger partial charge in [-0.05, 0) is 38.7 Å². The van der Waals surface area contributed by atoms with E-state index in [1.54, 1.807) is 0 Å². The first-order chi connectivity index (χ1) is 14.4. The monoisotopic (exact) mass is 419 g/mol. The van der Waals surface area contributed by atoms with Crippen molar-refractivity contribution >= 4 is 11.9 Å². The van der Waals surface area contributed by atoms with Gasteiger partial charge in [0, 0.05) is 37.2 Å². The van der Waals surface area contributed by atoms with Crippen molar-refractivity contribution in [2.75, 3.05) is 39.5 Å². The largest absolute Gasteiger partial charge is 0.507 e. The summed E-state index contributed by atoms with van der Waals surface area (Å²) in [7, 11) is 0. The second-order valence-corrected chi connectivity index (χ2v) is 8.44. The van der Waals surface area contributed by atoms with Gasteiger partial charge in [0.1, 0.15) is 35.9 Å². The number of aromatic hydroxyl groups is 1. The van der Waals surface area contributed by atoms with E-state index < -0.39 is 11.6 Å². The third-order valence-corrected chi connectivity index (χ3v) is 6.33. The highest BCUT2D eigenvalue weighted by Crippen LogP contribution is 2.47. The van der Waals surface area contributed by atoms with E-state index in [9.17, 15) is 14.7 Å². The Balaban J connectivity index is 1.34. The second kappa shape index (κ2) is 8.43. The molecule has 0 radical (unpaired) electrons. The molecule has 3 heterocycles. The zero-order chi connectivity index (χ0) is 21.3. The number of phenolic OH excluding ortho intramolecular Hbond substituents is 1. The molecule has 0 bridgehead atoms. The molecular weight excluding hydrogens is 390 g/mol. The Morgan fingerprint density at radius 3 is 2.80 bits per heavy atom. The molecule has 3 aliphatic rings. The standard InChI is InChI=1S/C22H29NO7/c1-14-16-13-29-21(26)18(16)19(25)15-3-5-22(2,30-20(14)15)6-4-17(24)28-12-9-23-7-10-27-11-8-23/h25H,3-13H2,1-2H3. The molecule has 0 spiro atoms. The molecule has 3 aliphatic heterocycles. The lowest BCUT2D eigenvalue weighted by molar-refractivity contribution is -0.145. The molecule has 0 aromatic heterocycles. The number of morpholine rings is 1. The third-order valence-electron chi connectivity index (χ3n) is 6.33. The number of cyclic esters (lactones) is 1. The summed E-state index contributed by atoms with van der Waals surface area (Å²) in [5, 5.41) is 10.6. The van der Waals surface area contributed by atoms with Gasteiger partial charge in [-0.1, -0.05) is 0 Å². The molecule has 1 aromatic carbocycles. The summed E-state index contributed by atoms with van der Waals surface area (Å²) in [5.41, 5.74) is 1.88. The topological polar surface area (TPSA) is 94.5 Å². The van der Waals surface area contributed by atoms with E-state index in [1.807, 2.05) is 13.8 Å². The number of carbonyl (C=O) groups is 2. The van der Waals surface area contributed by atoms with Gasteiger partial charge < -0.3 is 24.1 Å². The number of hydrogen-bond acceptors (Lipinski definition) is 8. The molecule has 8 heteroatoms. The molecule has 0 aliphatic carbocycles. The van der Waals surface area contributed by atoms with E-state index in [1.165, 1.54) is 0 Å². The molecule has 1 unspecified atom stereocenters. The van der Waals surface area contributed by atoms with Crippen molar-refractivity contribution in [2.24, 2.45) is 0 Å². The smallest absolute Gasteiger partial charge is 0.342 e. The first-order valence-electron chi connectivity index (χ1n) is 10.6. The predicted octanol–water partition coefficient (Wildman–Crippen LogP) is 2.11. The van der Waals surface area contributed by atoms with E-state index in [2.05, 4.69) is 4.90 Å². The first-order valence-corrected chi connectivity index (χ1v) is 10.6. The zero-order valence-electron chi connectivity index (χ0n) is 17.6. The van der Waals surface area contributed by atoms with Crippen LogP contribution in [-0.2, 0) is 32.0 Å². The maximum absolute atomic E-state index is 12.2. The minimum Gasteiger partial charge on any atom is -0.507 e. The van der Waals surface area contributed by atoms with Gasteiger partial charge in [0.2, 0.25) is 0 Å². The van der Waals surface area contributed by atoms with E-state index in [-0.39, 0.29) is 30.3 Å². The van der Waals surface area contributed by atoms with Gasteiger partial charge in [0.25, 0.3) is 0 Å². The number of esters is 2. The quantitative estimate of drug-likeness (QED) is 0.701. The van der Waals surface area contributed by atoms with Crippen LogP contribution in [0.25, 0.3) is 0 Å². The van der Waals surface area contributed by atoms with Crippen LogP contribution in [0.15, 0.2) is 0 Å². The summed E-state index contributed by atoms with van der Waals surface area (Å²) >= 11 is 0. The summed E-state index contributed by atoms with van der Waals surface area (Å²) in [6.45, 7) is 8.30. The molecule has 1 saturated heterocycles. The van der Waals surface area contributed by atoms with Crippen molar-refractivity contribution in [3.8, 4) is 11.5 Å². The van der Waals surface area contributed by atoms with E-state index >= 15 is 0 Å². The molecule has 1 fully saturated rings. The lowest BCUT2D eigenvalue weighted by atomic mass is 9.85. The van der Waals surface area contributed by atoms with Crippen molar-refractivity contribution < 1.29 is 33.6 Å². The fourth-order valence-electron chi connectivity index (χ4n) is 4.35. The van der Waals surface area contributed by atoms with Gasteiger partial charge in [-0.25, -0.2) is 4.79 Å². The van der Waals surface area contributed by atoms with Gasteiger partial charge in [0.05, 0.1) is 13.2 Å². The molecule has 30 heavy (non-hydrogen) atoms. The van der Waals surface area contributed by atoms with Crippen LogP contribution in [0.4, 0.5) is 0 Å². The van der Waals surface area contributed by atoms with Crippen molar-refractivity contribution in [3.63, 3.8) is 0 Å². The highest BCUT2D eigenvalue weighted by molar-refractivity contribution is 5.98. The number of hydrogen-bond donors (Lipinski definition) is 1. The summed E-state index contributed by atoms with van der Waals surface area (Å²) in [6.07, 6.45) is 2.01. The minimum absolute atomic E-state index is 0.0299. The minimum atomic E-state index is -0.537. The van der Waals surface area contributed by atoms with Crippen LogP contribution >= 0.6 is 0 Å². The Kier molecular flexibility index (Phi) is 5.88. The average Bonchev–Trinajstić information content (AvgIpc) is 3.13. The van der Waals surface area contributed by atoms with Gasteiger partial charge in [-0.3, -0.25) is 9.69 Å². The van der Waals surface area contributed by atoms with Gasteiger partial charge >= 0.3 is 11.9 Å². The van der Waals surface area contributed by atoms with Crippen LogP contribution in [0.3, 0.4) is 0 Å². The predicted molar refractivity (Wildman–Crippen MR) is 107 cm³/mol. The highest BCUT2D eigenvalue weighted by Gasteiger charge is 2.39. The Morgan fingerprint density at radius 1 is 1.27 bits per heavy atom.